The largest absolute Gasteiger partial charge is 0.493 e. The monoisotopic (exact) mass is 403 g/mol. The van der Waals surface area contributed by atoms with Gasteiger partial charge in [0.1, 0.15) is 11.3 Å². The molecule has 0 spiro atoms. The van der Waals surface area contributed by atoms with Gasteiger partial charge in [-0.25, -0.2) is 9.31 Å². The number of fused-ring (bicyclic) bond motifs is 2. The Labute approximate surface area is 173 Å². The van der Waals surface area contributed by atoms with Crippen LogP contribution in [0.5, 0.6) is 5.75 Å². The van der Waals surface area contributed by atoms with E-state index in [1.54, 1.807) is 35.8 Å². The van der Waals surface area contributed by atoms with E-state index in [2.05, 4.69) is 10.4 Å². The molecule has 0 aliphatic rings. The van der Waals surface area contributed by atoms with Crippen molar-refractivity contribution in [3.05, 3.63) is 72.1 Å². The van der Waals surface area contributed by atoms with Crippen LogP contribution in [0.15, 0.2) is 60.9 Å². The van der Waals surface area contributed by atoms with Gasteiger partial charge in [0.05, 0.1) is 30.5 Å². The van der Waals surface area contributed by atoms with Crippen LogP contribution in [-0.4, -0.2) is 34.7 Å². The summed E-state index contributed by atoms with van der Waals surface area (Å²) >= 11 is 0. The first-order valence-electron chi connectivity index (χ1n) is 9.72. The van der Waals surface area contributed by atoms with Crippen molar-refractivity contribution in [2.45, 2.75) is 13.8 Å². The molecule has 30 heavy (non-hydrogen) atoms. The highest BCUT2D eigenvalue weighted by Gasteiger charge is 2.18. The zero-order valence-corrected chi connectivity index (χ0v) is 16.7. The molecule has 0 bridgehead atoms. The summed E-state index contributed by atoms with van der Waals surface area (Å²) in [7, 11) is 0. The number of benzene rings is 2. The molecule has 0 unspecified atom stereocenters. The number of rotatable bonds is 6. The van der Waals surface area contributed by atoms with E-state index in [0.717, 1.165) is 10.8 Å². The van der Waals surface area contributed by atoms with E-state index in [4.69, 9.17) is 9.47 Å². The van der Waals surface area contributed by atoms with E-state index >= 15 is 0 Å². The SMILES string of the molecule is CCOC(=O)c1cnn2ccc(NC(=O)c3c(OCC)ccc4ccccc34)cc12. The average Bonchev–Trinajstić information content (AvgIpc) is 3.17. The summed E-state index contributed by atoms with van der Waals surface area (Å²) in [6, 6.07) is 14.8. The lowest BCUT2D eigenvalue weighted by Gasteiger charge is -2.14. The predicted octanol–water partition coefficient (Wildman–Crippen LogP) is 4.32. The molecule has 7 heteroatoms. The standard InChI is InChI=1S/C23H21N3O4/c1-3-29-20-10-9-15-7-5-6-8-17(15)21(20)22(27)25-16-11-12-26-19(13-16)18(14-24-26)23(28)30-4-2/h5-14H,3-4H2,1-2H3,(H,25,27). The summed E-state index contributed by atoms with van der Waals surface area (Å²) < 4.78 is 12.3. The number of nitrogens with one attached hydrogen (secondary N) is 1. The first-order chi connectivity index (χ1) is 14.6. The van der Waals surface area contributed by atoms with Crippen molar-refractivity contribution in [1.29, 1.82) is 0 Å². The Kier molecular flexibility index (Phi) is 5.34. The number of aromatic nitrogens is 2. The number of carbonyl (C=O) groups is 2. The molecular formula is C23H21N3O4. The van der Waals surface area contributed by atoms with E-state index < -0.39 is 5.97 Å². The normalized spacial score (nSPS) is 10.9. The second-order valence-electron chi connectivity index (χ2n) is 6.57. The summed E-state index contributed by atoms with van der Waals surface area (Å²) in [6.45, 7) is 4.34. The van der Waals surface area contributed by atoms with Crippen LogP contribution in [0.25, 0.3) is 16.3 Å². The lowest BCUT2D eigenvalue weighted by atomic mass is 10.0. The van der Waals surface area contributed by atoms with Gasteiger partial charge >= 0.3 is 5.97 Å². The highest BCUT2D eigenvalue weighted by atomic mass is 16.5. The fourth-order valence-electron chi connectivity index (χ4n) is 3.38. The van der Waals surface area contributed by atoms with E-state index in [9.17, 15) is 9.59 Å². The van der Waals surface area contributed by atoms with Crippen LogP contribution in [-0.2, 0) is 4.74 Å². The fourth-order valence-corrected chi connectivity index (χ4v) is 3.38. The van der Waals surface area contributed by atoms with Crippen LogP contribution in [0.2, 0.25) is 0 Å². The summed E-state index contributed by atoms with van der Waals surface area (Å²) in [4.78, 5) is 25.4. The molecule has 0 saturated heterocycles. The summed E-state index contributed by atoms with van der Waals surface area (Å²) in [5, 5.41) is 8.83. The van der Waals surface area contributed by atoms with Gasteiger partial charge in [0.15, 0.2) is 0 Å². The van der Waals surface area contributed by atoms with Crippen LogP contribution in [0, 0.1) is 0 Å². The fraction of sp³-hybridized carbons (Fsp3) is 0.174. The number of hydrogen-bond donors (Lipinski definition) is 1. The van der Waals surface area contributed by atoms with Gasteiger partial charge in [-0.05, 0) is 42.8 Å². The minimum Gasteiger partial charge on any atom is -0.493 e. The van der Waals surface area contributed by atoms with Crippen molar-refractivity contribution in [2.24, 2.45) is 0 Å². The molecule has 4 rings (SSSR count). The summed E-state index contributed by atoms with van der Waals surface area (Å²) in [6.07, 6.45) is 3.14. The number of ether oxygens (including phenoxy) is 2. The molecule has 0 saturated carbocycles. The van der Waals surface area contributed by atoms with E-state index in [-0.39, 0.29) is 12.5 Å². The van der Waals surface area contributed by atoms with Crippen LogP contribution in [0.4, 0.5) is 5.69 Å². The third kappa shape index (κ3) is 3.57. The van der Waals surface area contributed by atoms with Crippen LogP contribution in [0.1, 0.15) is 34.6 Å². The van der Waals surface area contributed by atoms with Crippen molar-refractivity contribution in [1.82, 2.24) is 9.61 Å². The van der Waals surface area contributed by atoms with Crippen LogP contribution < -0.4 is 10.1 Å². The maximum absolute atomic E-state index is 13.2. The van der Waals surface area contributed by atoms with Gasteiger partial charge in [0.25, 0.3) is 5.91 Å². The number of anilines is 1. The number of esters is 1. The Morgan fingerprint density at radius 1 is 1.07 bits per heavy atom. The van der Waals surface area contributed by atoms with Crippen molar-refractivity contribution in [3.8, 4) is 5.75 Å². The summed E-state index contributed by atoms with van der Waals surface area (Å²) in [5.41, 5.74) is 1.89. The van der Waals surface area contributed by atoms with Crippen LogP contribution >= 0.6 is 0 Å². The molecule has 4 aromatic rings. The zero-order chi connectivity index (χ0) is 21.1. The van der Waals surface area contributed by atoms with Gasteiger partial charge in [0, 0.05) is 11.9 Å². The minimum atomic E-state index is -0.455. The van der Waals surface area contributed by atoms with Crippen molar-refractivity contribution in [3.63, 3.8) is 0 Å². The van der Waals surface area contributed by atoms with Gasteiger partial charge in [-0.3, -0.25) is 4.79 Å². The first-order valence-corrected chi connectivity index (χ1v) is 9.72. The number of pyridine rings is 1. The maximum atomic E-state index is 13.2. The number of amides is 1. The Morgan fingerprint density at radius 2 is 1.90 bits per heavy atom. The van der Waals surface area contributed by atoms with Crippen molar-refractivity contribution >= 4 is 33.9 Å². The number of hydrogen-bond acceptors (Lipinski definition) is 5. The average molecular weight is 403 g/mol. The Hall–Kier alpha value is -3.87. The number of carbonyl (C=O) groups excluding carboxylic acids is 2. The minimum absolute atomic E-state index is 0.272. The second-order valence-corrected chi connectivity index (χ2v) is 6.57. The van der Waals surface area contributed by atoms with Crippen molar-refractivity contribution in [2.75, 3.05) is 18.5 Å². The molecule has 2 aromatic heterocycles. The third-order valence-corrected chi connectivity index (χ3v) is 4.69. The Morgan fingerprint density at radius 3 is 2.70 bits per heavy atom. The smallest absolute Gasteiger partial charge is 0.341 e. The van der Waals surface area contributed by atoms with E-state index in [0.29, 0.717) is 34.7 Å². The molecule has 0 fully saturated rings. The molecule has 0 atom stereocenters. The molecule has 152 valence electrons. The third-order valence-electron chi connectivity index (χ3n) is 4.69. The van der Waals surface area contributed by atoms with Crippen molar-refractivity contribution < 1.29 is 19.1 Å². The van der Waals surface area contributed by atoms with E-state index in [1.165, 1.54) is 6.20 Å². The molecule has 7 nitrogen and oxygen atoms in total. The predicted molar refractivity (Wildman–Crippen MR) is 114 cm³/mol. The lowest BCUT2D eigenvalue weighted by molar-refractivity contribution is 0.0528. The Balaban J connectivity index is 1.72. The van der Waals surface area contributed by atoms with Gasteiger partial charge in [-0.1, -0.05) is 30.3 Å². The molecule has 0 aliphatic carbocycles. The molecular weight excluding hydrogens is 382 g/mol. The quantitative estimate of drug-likeness (QED) is 0.485. The molecule has 2 aromatic carbocycles. The molecule has 1 N–H and O–H groups in total. The topological polar surface area (TPSA) is 81.9 Å². The van der Waals surface area contributed by atoms with Gasteiger partial charge < -0.3 is 14.8 Å². The number of nitrogens with zero attached hydrogens (tertiary/aromatic N) is 2. The second kappa shape index (κ2) is 8.24. The van der Waals surface area contributed by atoms with E-state index in [1.807, 2.05) is 37.3 Å². The van der Waals surface area contributed by atoms with Gasteiger partial charge in [-0.2, -0.15) is 5.10 Å². The van der Waals surface area contributed by atoms with Crippen LogP contribution in [0.3, 0.4) is 0 Å². The van der Waals surface area contributed by atoms with Gasteiger partial charge in [0.2, 0.25) is 0 Å². The molecule has 2 heterocycles. The lowest BCUT2D eigenvalue weighted by Crippen LogP contribution is -2.14. The summed E-state index contributed by atoms with van der Waals surface area (Å²) in [5.74, 6) is -0.230. The molecule has 0 aliphatic heterocycles. The maximum Gasteiger partial charge on any atom is 0.341 e. The Bertz CT molecular complexity index is 1250. The molecule has 0 radical (unpaired) electrons. The molecule has 1 amide bonds. The highest BCUT2D eigenvalue weighted by molar-refractivity contribution is 6.15. The van der Waals surface area contributed by atoms with Gasteiger partial charge in [-0.15, -0.1) is 0 Å². The zero-order valence-electron chi connectivity index (χ0n) is 16.7. The first kappa shape index (κ1) is 19.4. The highest BCUT2D eigenvalue weighted by Crippen LogP contribution is 2.29.